The molecule has 0 aliphatic carbocycles. The van der Waals surface area contributed by atoms with E-state index in [0.717, 1.165) is 48.4 Å². The lowest BCUT2D eigenvalue weighted by molar-refractivity contribution is 0.101. The molecule has 3 rings (SSSR count). The zero-order valence-electron chi connectivity index (χ0n) is 14.7. The van der Waals surface area contributed by atoms with Crippen LogP contribution in [-0.4, -0.2) is 41.7 Å². The van der Waals surface area contributed by atoms with Crippen LogP contribution in [0.4, 0.5) is 5.69 Å². The Morgan fingerprint density at radius 1 is 1.38 bits per heavy atom. The first-order valence-electron chi connectivity index (χ1n) is 8.67. The van der Waals surface area contributed by atoms with Crippen LogP contribution in [0.5, 0.6) is 0 Å². The summed E-state index contributed by atoms with van der Waals surface area (Å²) in [6, 6.07) is 6.62. The molecule has 0 radical (unpaired) electrons. The average Bonchev–Trinajstić information content (AvgIpc) is 3.08. The Hall–Kier alpha value is -2.14. The summed E-state index contributed by atoms with van der Waals surface area (Å²) in [5.41, 5.74) is 3.86. The van der Waals surface area contributed by atoms with Crippen LogP contribution in [0.25, 0.3) is 11.1 Å². The van der Waals surface area contributed by atoms with Crippen LogP contribution >= 0.6 is 0 Å². The summed E-state index contributed by atoms with van der Waals surface area (Å²) in [7, 11) is 0. The molecule has 0 amide bonds. The van der Waals surface area contributed by atoms with Crippen LogP contribution in [0.2, 0.25) is 0 Å². The van der Waals surface area contributed by atoms with Gasteiger partial charge in [-0.15, -0.1) is 0 Å². The number of anilines is 1. The van der Waals surface area contributed by atoms with Gasteiger partial charge in [0, 0.05) is 48.7 Å². The van der Waals surface area contributed by atoms with Gasteiger partial charge in [-0.25, -0.2) is 0 Å². The van der Waals surface area contributed by atoms with Gasteiger partial charge in [-0.05, 0) is 37.0 Å². The molecule has 1 unspecified atom stereocenters. The fourth-order valence-electron chi connectivity index (χ4n) is 3.45. The molecule has 1 aliphatic heterocycles. The SMILES string of the molecule is CC(=O)c1cc(-c2cn[nH]c2)ccc1N1CCNC(CC(C)C)C1. The number of hydrogen-bond donors (Lipinski definition) is 2. The Morgan fingerprint density at radius 3 is 2.88 bits per heavy atom. The molecule has 0 spiro atoms. The van der Waals surface area contributed by atoms with E-state index in [1.807, 2.05) is 12.3 Å². The number of hydrogen-bond acceptors (Lipinski definition) is 4. The Bertz CT molecular complexity index is 693. The first-order valence-corrected chi connectivity index (χ1v) is 8.67. The second kappa shape index (κ2) is 7.18. The number of Topliss-reactive ketones (excluding diaryl/α,β-unsaturated/α-hetero) is 1. The van der Waals surface area contributed by atoms with Crippen molar-refractivity contribution in [1.29, 1.82) is 0 Å². The van der Waals surface area contributed by atoms with E-state index in [0.29, 0.717) is 12.0 Å². The van der Waals surface area contributed by atoms with Crippen LogP contribution in [0.3, 0.4) is 0 Å². The Kier molecular flexibility index (Phi) is 5.00. The van der Waals surface area contributed by atoms with E-state index in [-0.39, 0.29) is 5.78 Å². The van der Waals surface area contributed by atoms with E-state index in [4.69, 9.17) is 0 Å². The summed E-state index contributed by atoms with van der Waals surface area (Å²) in [4.78, 5) is 14.6. The molecule has 5 nitrogen and oxygen atoms in total. The third-order valence-electron chi connectivity index (χ3n) is 4.56. The van der Waals surface area contributed by atoms with E-state index in [1.54, 1.807) is 13.1 Å². The maximum absolute atomic E-state index is 12.2. The van der Waals surface area contributed by atoms with Gasteiger partial charge < -0.3 is 10.2 Å². The van der Waals surface area contributed by atoms with Crippen molar-refractivity contribution >= 4 is 11.5 Å². The molecule has 128 valence electrons. The first kappa shape index (κ1) is 16.7. The second-order valence-electron chi connectivity index (χ2n) is 7.00. The van der Waals surface area contributed by atoms with Crippen molar-refractivity contribution in [2.45, 2.75) is 33.2 Å². The predicted octanol–water partition coefficient (Wildman–Crippen LogP) is 3.10. The molecule has 24 heavy (non-hydrogen) atoms. The Balaban J connectivity index is 1.88. The van der Waals surface area contributed by atoms with E-state index in [2.05, 4.69) is 46.4 Å². The highest BCUT2D eigenvalue weighted by Gasteiger charge is 2.23. The molecule has 2 N–H and O–H groups in total. The molecule has 1 aliphatic rings. The Morgan fingerprint density at radius 2 is 2.21 bits per heavy atom. The zero-order chi connectivity index (χ0) is 17.1. The molecule has 1 fully saturated rings. The van der Waals surface area contributed by atoms with Crippen molar-refractivity contribution in [3.8, 4) is 11.1 Å². The van der Waals surface area contributed by atoms with Crippen molar-refractivity contribution in [3.05, 3.63) is 36.2 Å². The number of carbonyl (C=O) groups excluding carboxylic acids is 1. The average molecular weight is 326 g/mol. The van der Waals surface area contributed by atoms with Crippen LogP contribution in [0.15, 0.2) is 30.6 Å². The quantitative estimate of drug-likeness (QED) is 0.829. The summed E-state index contributed by atoms with van der Waals surface area (Å²) >= 11 is 0. The molecule has 5 heteroatoms. The number of aromatic amines is 1. The lowest BCUT2D eigenvalue weighted by Crippen LogP contribution is -2.51. The number of rotatable bonds is 5. The van der Waals surface area contributed by atoms with Crippen LogP contribution in [0.1, 0.15) is 37.6 Å². The second-order valence-corrected chi connectivity index (χ2v) is 7.00. The number of nitrogens with zero attached hydrogens (tertiary/aromatic N) is 2. The van der Waals surface area contributed by atoms with Gasteiger partial charge in [0.25, 0.3) is 0 Å². The van der Waals surface area contributed by atoms with Crippen molar-refractivity contribution in [3.63, 3.8) is 0 Å². The number of aromatic nitrogens is 2. The smallest absolute Gasteiger partial charge is 0.161 e. The monoisotopic (exact) mass is 326 g/mol. The zero-order valence-corrected chi connectivity index (χ0v) is 14.7. The molecule has 1 aromatic heterocycles. The van der Waals surface area contributed by atoms with Gasteiger partial charge in [-0.1, -0.05) is 19.9 Å². The van der Waals surface area contributed by atoms with Gasteiger partial charge in [-0.2, -0.15) is 5.10 Å². The van der Waals surface area contributed by atoms with Gasteiger partial charge in [0.2, 0.25) is 0 Å². The minimum atomic E-state index is 0.106. The van der Waals surface area contributed by atoms with Crippen molar-refractivity contribution in [2.75, 3.05) is 24.5 Å². The largest absolute Gasteiger partial charge is 0.368 e. The van der Waals surface area contributed by atoms with E-state index in [9.17, 15) is 4.79 Å². The molecular weight excluding hydrogens is 300 g/mol. The van der Waals surface area contributed by atoms with Crippen molar-refractivity contribution in [2.24, 2.45) is 5.92 Å². The minimum absolute atomic E-state index is 0.106. The van der Waals surface area contributed by atoms with Crippen molar-refractivity contribution < 1.29 is 4.79 Å². The standard InChI is InChI=1S/C19H26N4O/c1-13(2)8-17-12-23(7-6-20-17)19-5-4-15(9-18(19)14(3)24)16-10-21-22-11-16/h4-5,9-11,13,17,20H,6-8,12H2,1-3H3,(H,21,22). The van der Waals surface area contributed by atoms with Gasteiger partial charge in [-0.3, -0.25) is 9.89 Å². The predicted molar refractivity (Wildman–Crippen MR) is 97.5 cm³/mol. The number of piperazine rings is 1. The molecular formula is C19H26N4O. The highest BCUT2D eigenvalue weighted by atomic mass is 16.1. The summed E-state index contributed by atoms with van der Waals surface area (Å²) in [5, 5.41) is 10.4. The number of H-pyrrole nitrogens is 1. The summed E-state index contributed by atoms with van der Waals surface area (Å²) in [5.74, 6) is 0.771. The maximum atomic E-state index is 12.2. The molecule has 0 bridgehead atoms. The van der Waals surface area contributed by atoms with Gasteiger partial charge in [0.15, 0.2) is 5.78 Å². The summed E-state index contributed by atoms with van der Waals surface area (Å²) in [6.07, 6.45) is 4.78. The van der Waals surface area contributed by atoms with Gasteiger partial charge >= 0.3 is 0 Å². The fraction of sp³-hybridized carbons (Fsp3) is 0.474. The van der Waals surface area contributed by atoms with E-state index in [1.165, 1.54) is 0 Å². The van der Waals surface area contributed by atoms with Gasteiger partial charge in [0.1, 0.15) is 0 Å². The van der Waals surface area contributed by atoms with Crippen LogP contribution in [0, 0.1) is 5.92 Å². The van der Waals surface area contributed by atoms with Crippen LogP contribution in [-0.2, 0) is 0 Å². The highest BCUT2D eigenvalue weighted by Crippen LogP contribution is 2.28. The fourth-order valence-corrected chi connectivity index (χ4v) is 3.45. The lowest BCUT2D eigenvalue weighted by atomic mass is 9.98. The number of ketones is 1. The maximum Gasteiger partial charge on any atom is 0.161 e. The normalized spacial score (nSPS) is 18.2. The molecule has 1 saturated heterocycles. The summed E-state index contributed by atoms with van der Waals surface area (Å²) < 4.78 is 0. The van der Waals surface area contributed by atoms with E-state index < -0.39 is 0 Å². The molecule has 2 heterocycles. The van der Waals surface area contributed by atoms with Crippen LogP contribution < -0.4 is 10.2 Å². The van der Waals surface area contributed by atoms with E-state index >= 15 is 0 Å². The van der Waals surface area contributed by atoms with Crippen molar-refractivity contribution in [1.82, 2.24) is 15.5 Å². The third kappa shape index (κ3) is 3.67. The molecule has 1 aromatic carbocycles. The molecule has 2 aromatic rings. The summed E-state index contributed by atoms with van der Waals surface area (Å²) in [6.45, 7) is 8.98. The molecule has 0 saturated carbocycles. The van der Waals surface area contributed by atoms with Gasteiger partial charge in [0.05, 0.1) is 6.20 Å². The topological polar surface area (TPSA) is 61.0 Å². The highest BCUT2D eigenvalue weighted by molar-refractivity contribution is 6.01. The number of carbonyl (C=O) groups is 1. The first-order chi connectivity index (χ1) is 11.5. The third-order valence-corrected chi connectivity index (χ3v) is 4.56. The number of nitrogens with one attached hydrogen (secondary N) is 2. The molecule has 1 atom stereocenters. The number of benzene rings is 1. The Labute approximate surface area is 143 Å². The minimum Gasteiger partial charge on any atom is -0.368 e. The lowest BCUT2D eigenvalue weighted by Gasteiger charge is -2.37.